The molecule has 2 rings (SSSR count). The van der Waals surface area contributed by atoms with E-state index < -0.39 is 0 Å². The highest BCUT2D eigenvalue weighted by atomic mass is 16.5. The molecular weight excluding hydrogens is 166 g/mol. The fourth-order valence-corrected chi connectivity index (χ4v) is 1.37. The molecule has 1 N–H and O–H groups in total. The second kappa shape index (κ2) is 3.09. The molecule has 0 saturated heterocycles. The molecule has 1 heterocycles. The molecule has 1 aliphatic heterocycles. The van der Waals surface area contributed by atoms with Crippen molar-refractivity contribution in [3.05, 3.63) is 29.3 Å². The summed E-state index contributed by atoms with van der Waals surface area (Å²) >= 11 is 0. The molecular formula is C10H11NO2. The van der Waals surface area contributed by atoms with Gasteiger partial charge in [-0.15, -0.1) is 0 Å². The number of hydrogen-bond donors (Lipinski definition) is 1. The lowest BCUT2D eigenvalue weighted by molar-refractivity contribution is 0.0883. The Hall–Kier alpha value is -1.51. The van der Waals surface area contributed by atoms with Crippen LogP contribution >= 0.6 is 0 Å². The van der Waals surface area contributed by atoms with Crippen LogP contribution in [0.4, 0.5) is 0 Å². The molecule has 0 radical (unpaired) electrons. The third-order valence-corrected chi connectivity index (χ3v) is 2.16. The van der Waals surface area contributed by atoms with Crippen molar-refractivity contribution in [1.82, 2.24) is 5.32 Å². The minimum absolute atomic E-state index is 0.0519. The van der Waals surface area contributed by atoms with Crippen molar-refractivity contribution in [2.75, 3.05) is 6.73 Å². The van der Waals surface area contributed by atoms with Crippen molar-refractivity contribution in [3.63, 3.8) is 0 Å². The highest BCUT2D eigenvalue weighted by Crippen LogP contribution is 2.22. The standard InChI is InChI=1S/C10H11NO2/c1-2-7-3-4-8-9(5-7)13-6-11-10(8)12/h3-5H,2,6H2,1H3,(H,11,12). The van der Waals surface area contributed by atoms with Crippen LogP contribution in [0.25, 0.3) is 0 Å². The average molecular weight is 177 g/mol. The van der Waals surface area contributed by atoms with Gasteiger partial charge >= 0.3 is 0 Å². The van der Waals surface area contributed by atoms with Gasteiger partial charge in [-0.25, -0.2) is 0 Å². The molecule has 1 aromatic carbocycles. The number of amides is 1. The van der Waals surface area contributed by atoms with Crippen LogP contribution in [0.15, 0.2) is 18.2 Å². The molecule has 0 bridgehead atoms. The molecule has 1 amide bonds. The fraction of sp³-hybridized carbons (Fsp3) is 0.300. The number of benzene rings is 1. The molecule has 0 aliphatic carbocycles. The molecule has 0 spiro atoms. The molecule has 1 aromatic rings. The van der Waals surface area contributed by atoms with E-state index in [0.29, 0.717) is 11.3 Å². The number of carbonyl (C=O) groups excluding carboxylic acids is 1. The van der Waals surface area contributed by atoms with Crippen LogP contribution in [0.1, 0.15) is 22.8 Å². The minimum Gasteiger partial charge on any atom is -0.472 e. The van der Waals surface area contributed by atoms with E-state index in [1.165, 1.54) is 5.56 Å². The SMILES string of the molecule is CCc1ccc2c(c1)OCNC2=O. The lowest BCUT2D eigenvalue weighted by atomic mass is 10.1. The third kappa shape index (κ3) is 1.37. The fourth-order valence-electron chi connectivity index (χ4n) is 1.37. The summed E-state index contributed by atoms with van der Waals surface area (Å²) in [5.41, 5.74) is 1.82. The monoisotopic (exact) mass is 177 g/mol. The largest absolute Gasteiger partial charge is 0.472 e. The van der Waals surface area contributed by atoms with Crippen molar-refractivity contribution in [2.45, 2.75) is 13.3 Å². The average Bonchev–Trinajstić information content (AvgIpc) is 2.18. The van der Waals surface area contributed by atoms with Crippen LogP contribution in [0.2, 0.25) is 0 Å². The molecule has 3 heteroatoms. The summed E-state index contributed by atoms with van der Waals surface area (Å²) in [5, 5.41) is 2.61. The smallest absolute Gasteiger partial charge is 0.257 e. The van der Waals surface area contributed by atoms with Gasteiger partial charge in [-0.1, -0.05) is 13.0 Å². The van der Waals surface area contributed by atoms with Crippen LogP contribution in [0.5, 0.6) is 5.75 Å². The summed E-state index contributed by atoms with van der Waals surface area (Å²) in [5.74, 6) is 0.645. The zero-order valence-corrected chi connectivity index (χ0v) is 7.46. The minimum atomic E-state index is -0.0519. The van der Waals surface area contributed by atoms with Gasteiger partial charge in [0.25, 0.3) is 5.91 Å². The van der Waals surface area contributed by atoms with Gasteiger partial charge < -0.3 is 10.1 Å². The first-order valence-electron chi connectivity index (χ1n) is 4.35. The van der Waals surface area contributed by atoms with E-state index in [9.17, 15) is 4.79 Å². The first-order valence-corrected chi connectivity index (χ1v) is 4.35. The van der Waals surface area contributed by atoms with Crippen molar-refractivity contribution in [1.29, 1.82) is 0 Å². The second-order valence-electron chi connectivity index (χ2n) is 2.98. The summed E-state index contributed by atoms with van der Waals surface area (Å²) in [6, 6.07) is 5.68. The summed E-state index contributed by atoms with van der Waals surface area (Å²) in [7, 11) is 0. The molecule has 13 heavy (non-hydrogen) atoms. The third-order valence-electron chi connectivity index (χ3n) is 2.16. The predicted octanol–water partition coefficient (Wildman–Crippen LogP) is 1.33. The van der Waals surface area contributed by atoms with E-state index >= 15 is 0 Å². The van der Waals surface area contributed by atoms with Crippen LogP contribution in [0, 0.1) is 0 Å². The maximum Gasteiger partial charge on any atom is 0.257 e. The summed E-state index contributed by atoms with van der Waals surface area (Å²) in [6.45, 7) is 2.35. The first kappa shape index (κ1) is 8.10. The lowest BCUT2D eigenvalue weighted by Crippen LogP contribution is -2.32. The van der Waals surface area contributed by atoms with Crippen molar-refractivity contribution >= 4 is 5.91 Å². The molecule has 0 aromatic heterocycles. The van der Waals surface area contributed by atoms with E-state index in [-0.39, 0.29) is 12.6 Å². The topological polar surface area (TPSA) is 38.3 Å². The van der Waals surface area contributed by atoms with E-state index in [1.54, 1.807) is 0 Å². The molecule has 0 saturated carbocycles. The second-order valence-corrected chi connectivity index (χ2v) is 2.98. The first-order chi connectivity index (χ1) is 6.31. The Morgan fingerprint density at radius 1 is 1.54 bits per heavy atom. The predicted molar refractivity (Wildman–Crippen MR) is 48.8 cm³/mol. The van der Waals surface area contributed by atoms with Crippen LogP contribution in [-0.4, -0.2) is 12.6 Å². The summed E-state index contributed by atoms with van der Waals surface area (Å²) in [4.78, 5) is 11.3. The van der Waals surface area contributed by atoms with Gasteiger partial charge in [-0.3, -0.25) is 4.79 Å². The van der Waals surface area contributed by atoms with Crippen molar-refractivity contribution in [2.24, 2.45) is 0 Å². The number of ether oxygens (including phenoxy) is 1. The lowest BCUT2D eigenvalue weighted by Gasteiger charge is -2.17. The van der Waals surface area contributed by atoms with Gasteiger partial charge in [-0.2, -0.15) is 0 Å². The highest BCUT2D eigenvalue weighted by Gasteiger charge is 2.16. The van der Waals surface area contributed by atoms with Gasteiger partial charge in [0.05, 0.1) is 5.56 Å². The van der Waals surface area contributed by atoms with Crippen LogP contribution < -0.4 is 10.1 Å². The Bertz CT molecular complexity index is 347. The number of rotatable bonds is 1. The summed E-state index contributed by atoms with van der Waals surface area (Å²) in [6.07, 6.45) is 0.957. The normalized spacial score (nSPS) is 14.4. The molecule has 68 valence electrons. The van der Waals surface area contributed by atoms with Gasteiger partial charge in [0.1, 0.15) is 5.75 Å². The van der Waals surface area contributed by atoms with Gasteiger partial charge in [-0.05, 0) is 24.1 Å². The maximum atomic E-state index is 11.3. The number of hydrogen-bond acceptors (Lipinski definition) is 2. The Morgan fingerprint density at radius 2 is 2.38 bits per heavy atom. The molecule has 0 fully saturated rings. The highest BCUT2D eigenvalue weighted by molar-refractivity contribution is 5.97. The number of fused-ring (bicyclic) bond motifs is 1. The number of nitrogens with one attached hydrogen (secondary N) is 1. The van der Waals surface area contributed by atoms with Crippen molar-refractivity contribution < 1.29 is 9.53 Å². The van der Waals surface area contributed by atoms with E-state index in [0.717, 1.165) is 6.42 Å². The Balaban J connectivity index is 2.45. The molecule has 1 aliphatic rings. The Kier molecular flexibility index (Phi) is 1.93. The molecule has 3 nitrogen and oxygen atoms in total. The van der Waals surface area contributed by atoms with Crippen LogP contribution in [-0.2, 0) is 6.42 Å². The number of carbonyl (C=O) groups is 1. The molecule has 0 unspecified atom stereocenters. The van der Waals surface area contributed by atoms with Crippen LogP contribution in [0.3, 0.4) is 0 Å². The van der Waals surface area contributed by atoms with Crippen molar-refractivity contribution in [3.8, 4) is 5.75 Å². The zero-order chi connectivity index (χ0) is 9.26. The zero-order valence-electron chi connectivity index (χ0n) is 7.46. The van der Waals surface area contributed by atoms with E-state index in [4.69, 9.17) is 4.74 Å². The summed E-state index contributed by atoms with van der Waals surface area (Å²) < 4.78 is 5.30. The Labute approximate surface area is 76.7 Å². The Morgan fingerprint density at radius 3 is 3.15 bits per heavy atom. The van der Waals surface area contributed by atoms with E-state index in [2.05, 4.69) is 12.2 Å². The van der Waals surface area contributed by atoms with Gasteiger partial charge in [0.2, 0.25) is 0 Å². The van der Waals surface area contributed by atoms with E-state index in [1.807, 2.05) is 18.2 Å². The maximum absolute atomic E-state index is 11.3. The van der Waals surface area contributed by atoms with Gasteiger partial charge in [0, 0.05) is 0 Å². The van der Waals surface area contributed by atoms with Gasteiger partial charge in [0.15, 0.2) is 6.73 Å². The molecule has 0 atom stereocenters. The number of aryl methyl sites for hydroxylation is 1. The quantitative estimate of drug-likeness (QED) is 0.702.